The highest BCUT2D eigenvalue weighted by molar-refractivity contribution is 8.03. The fraction of sp³-hybridized carbons (Fsp3) is 0.542. The van der Waals surface area contributed by atoms with Crippen LogP contribution in [-0.2, 0) is 20.9 Å². The first-order chi connectivity index (χ1) is 17.5. The second-order valence-corrected chi connectivity index (χ2v) is 10.9. The van der Waals surface area contributed by atoms with Gasteiger partial charge in [0.1, 0.15) is 12.3 Å². The first-order valence-electron chi connectivity index (χ1n) is 12.0. The summed E-state index contributed by atoms with van der Waals surface area (Å²) in [6.45, 7) is 7.78. The number of rotatable bonds is 10. The summed E-state index contributed by atoms with van der Waals surface area (Å²) >= 11 is 1.33. The number of carbonyl (C=O) groups excluding carboxylic acids is 4. The van der Waals surface area contributed by atoms with Crippen LogP contribution in [0.1, 0.15) is 37.2 Å². The first kappa shape index (κ1) is 26.7. The number of amides is 3. The topological polar surface area (TPSA) is 171 Å². The number of β-lactam (4-membered cyclic amide) rings is 1. The Labute approximate surface area is 218 Å². The summed E-state index contributed by atoms with van der Waals surface area (Å²) in [5, 5.41) is 21.9. The minimum atomic E-state index is -1.43. The summed E-state index contributed by atoms with van der Waals surface area (Å²) in [5.74, 6) is -3.44. The number of aryl methyl sites for hydroxylation is 1. The minimum Gasteiger partial charge on any atom is -0.543 e. The molecule has 0 bridgehead atoms. The van der Waals surface area contributed by atoms with Crippen LogP contribution in [0.25, 0.3) is 0 Å². The normalized spacial score (nSPS) is 27.6. The number of aromatic nitrogens is 2. The molecule has 3 N–H and O–H groups in total. The molecule has 2 saturated heterocycles. The fourth-order valence-corrected chi connectivity index (χ4v) is 6.99. The smallest absolute Gasteiger partial charge is 0.410 e. The molecule has 0 saturated carbocycles. The van der Waals surface area contributed by atoms with E-state index < -0.39 is 41.9 Å². The van der Waals surface area contributed by atoms with E-state index in [0.29, 0.717) is 30.8 Å². The molecular formula is C24H30N5O7S-. The summed E-state index contributed by atoms with van der Waals surface area (Å²) in [7, 11) is 0. The van der Waals surface area contributed by atoms with Crippen molar-refractivity contribution in [3.8, 4) is 0 Å². The van der Waals surface area contributed by atoms with Gasteiger partial charge in [0.15, 0.2) is 0 Å². The Hall–Kier alpha value is -3.32. The maximum absolute atomic E-state index is 12.8. The number of carbonyl (C=O) groups is 4. The van der Waals surface area contributed by atoms with Crippen molar-refractivity contribution in [3.05, 3.63) is 41.5 Å². The Balaban J connectivity index is 1.51. The number of ether oxygens (including phenoxy) is 1. The van der Waals surface area contributed by atoms with Gasteiger partial charge in [0, 0.05) is 41.4 Å². The summed E-state index contributed by atoms with van der Waals surface area (Å²) in [5.41, 5.74) is 5.27. The van der Waals surface area contributed by atoms with E-state index in [1.165, 1.54) is 36.0 Å². The standard InChI is InChI=1S/C24H31N5O7S/c1-4-7-36-24(35)28-9-15(8-14(28)5-6-27-10-16(21(25)31)26-11-27)37-20-12(2)18-17(13(3)30)22(32)29(18)19(20)23(33)34/h4,10-15,17-18,30H,1,5-9H2,2-3H3,(H2,25,31)(H,33,34)/p-1/t12-,13-,14-,15+,17-,18-/m1/s1. The number of aliphatic carboxylic acids is 1. The molecule has 0 aromatic carbocycles. The Bertz CT molecular complexity index is 1150. The van der Waals surface area contributed by atoms with Gasteiger partial charge in [-0.3, -0.25) is 9.59 Å². The SMILES string of the molecule is C=CCOC(=O)N1C[C@@H](SC2=C(C(=O)[O-])N3C(=O)[C@H]([C@@H](C)O)[C@H]3[C@H]2C)C[C@H]1CCn1cnc(C(N)=O)c1. The third-order valence-corrected chi connectivity index (χ3v) is 8.63. The van der Waals surface area contributed by atoms with Gasteiger partial charge < -0.3 is 39.8 Å². The van der Waals surface area contributed by atoms with Gasteiger partial charge in [-0.25, -0.2) is 9.78 Å². The lowest BCUT2D eigenvalue weighted by atomic mass is 9.79. The van der Waals surface area contributed by atoms with Gasteiger partial charge in [0.25, 0.3) is 5.91 Å². The minimum absolute atomic E-state index is 0.0554. The van der Waals surface area contributed by atoms with Crippen LogP contribution in [0.2, 0.25) is 0 Å². The van der Waals surface area contributed by atoms with Crippen molar-refractivity contribution in [2.45, 2.75) is 56.7 Å². The lowest BCUT2D eigenvalue weighted by molar-refractivity contribution is -0.301. The average Bonchev–Trinajstić information content (AvgIpc) is 3.52. The second kappa shape index (κ2) is 10.6. The van der Waals surface area contributed by atoms with E-state index in [0.717, 1.165) is 0 Å². The van der Waals surface area contributed by atoms with Gasteiger partial charge >= 0.3 is 6.09 Å². The molecule has 4 rings (SSSR count). The Kier molecular flexibility index (Phi) is 7.64. The number of fused-ring (bicyclic) bond motifs is 1. The van der Waals surface area contributed by atoms with Crippen molar-refractivity contribution in [1.29, 1.82) is 0 Å². The first-order valence-corrected chi connectivity index (χ1v) is 12.9. The molecule has 4 heterocycles. The van der Waals surface area contributed by atoms with Crippen molar-refractivity contribution in [2.75, 3.05) is 13.2 Å². The Morgan fingerprint density at radius 3 is 2.76 bits per heavy atom. The maximum atomic E-state index is 12.8. The average molecular weight is 533 g/mol. The molecule has 0 aliphatic carbocycles. The summed E-state index contributed by atoms with van der Waals surface area (Å²) < 4.78 is 6.99. The molecule has 3 aliphatic rings. The summed E-state index contributed by atoms with van der Waals surface area (Å²) in [6.07, 6.45) is 4.21. The van der Waals surface area contributed by atoms with Crippen LogP contribution in [0.5, 0.6) is 0 Å². The molecule has 1 aromatic rings. The molecule has 2 fully saturated rings. The number of hydrogen-bond acceptors (Lipinski definition) is 9. The van der Waals surface area contributed by atoms with Gasteiger partial charge in [-0.15, -0.1) is 11.8 Å². The van der Waals surface area contributed by atoms with Gasteiger partial charge in [-0.1, -0.05) is 19.6 Å². The van der Waals surface area contributed by atoms with Crippen LogP contribution in [0.4, 0.5) is 4.79 Å². The van der Waals surface area contributed by atoms with Crippen molar-refractivity contribution in [3.63, 3.8) is 0 Å². The highest BCUT2D eigenvalue weighted by Crippen LogP contribution is 2.52. The monoisotopic (exact) mass is 532 g/mol. The number of primary amides is 1. The number of aliphatic hydroxyl groups is 1. The molecule has 1 aromatic heterocycles. The van der Waals surface area contributed by atoms with Crippen molar-refractivity contribution >= 4 is 35.6 Å². The van der Waals surface area contributed by atoms with Crippen LogP contribution >= 0.6 is 11.8 Å². The third-order valence-electron chi connectivity index (χ3n) is 7.14. The zero-order chi connectivity index (χ0) is 27.0. The molecule has 3 amide bonds. The van der Waals surface area contributed by atoms with Crippen LogP contribution < -0.4 is 10.8 Å². The molecule has 37 heavy (non-hydrogen) atoms. The van der Waals surface area contributed by atoms with E-state index in [1.807, 2.05) is 6.92 Å². The third kappa shape index (κ3) is 4.97. The lowest BCUT2D eigenvalue weighted by Crippen LogP contribution is -2.64. The fourth-order valence-electron chi connectivity index (χ4n) is 5.43. The van der Waals surface area contributed by atoms with Crippen LogP contribution in [-0.4, -0.2) is 84.9 Å². The molecule has 13 heteroatoms. The molecule has 0 unspecified atom stereocenters. The number of carboxylic acid groups (broad SMARTS) is 1. The Morgan fingerprint density at radius 1 is 1.43 bits per heavy atom. The molecule has 0 radical (unpaired) electrons. The molecule has 200 valence electrons. The lowest BCUT2D eigenvalue weighted by Gasteiger charge is -2.47. The van der Waals surface area contributed by atoms with Crippen molar-refractivity contribution < 1.29 is 34.1 Å². The predicted octanol–water partition coefficient (Wildman–Crippen LogP) is -0.310. The highest BCUT2D eigenvalue weighted by Gasteiger charge is 2.59. The zero-order valence-electron chi connectivity index (χ0n) is 20.6. The van der Waals surface area contributed by atoms with Crippen molar-refractivity contribution in [2.24, 2.45) is 17.6 Å². The molecule has 12 nitrogen and oxygen atoms in total. The van der Waals surface area contributed by atoms with Crippen molar-refractivity contribution in [1.82, 2.24) is 19.4 Å². The zero-order valence-corrected chi connectivity index (χ0v) is 21.4. The van der Waals surface area contributed by atoms with E-state index in [-0.39, 0.29) is 35.2 Å². The second-order valence-electron chi connectivity index (χ2n) is 9.55. The molecule has 0 spiro atoms. The number of thioether (sulfide) groups is 1. The number of nitrogens with two attached hydrogens (primary N) is 1. The van der Waals surface area contributed by atoms with E-state index in [1.54, 1.807) is 15.7 Å². The number of aliphatic hydroxyl groups excluding tert-OH is 1. The van der Waals surface area contributed by atoms with Crippen LogP contribution in [0, 0.1) is 11.8 Å². The number of imidazole rings is 1. The maximum Gasteiger partial charge on any atom is 0.410 e. The van der Waals surface area contributed by atoms with Crippen LogP contribution in [0.3, 0.4) is 0 Å². The number of hydrogen-bond donors (Lipinski definition) is 2. The van der Waals surface area contributed by atoms with Gasteiger partial charge in [0.2, 0.25) is 5.91 Å². The number of carboxylic acids is 1. The summed E-state index contributed by atoms with van der Waals surface area (Å²) in [6, 6.07) is -0.656. The number of likely N-dealkylation sites (tertiary alicyclic amines) is 1. The molecule has 3 aliphatic heterocycles. The van der Waals surface area contributed by atoms with E-state index in [9.17, 15) is 29.4 Å². The van der Waals surface area contributed by atoms with E-state index in [2.05, 4.69) is 11.6 Å². The highest BCUT2D eigenvalue weighted by atomic mass is 32.2. The quantitative estimate of drug-likeness (QED) is 0.303. The van der Waals surface area contributed by atoms with Gasteiger partial charge in [-0.2, -0.15) is 0 Å². The van der Waals surface area contributed by atoms with E-state index >= 15 is 0 Å². The van der Waals surface area contributed by atoms with Gasteiger partial charge in [0.05, 0.1) is 36.1 Å². The number of nitrogens with zero attached hydrogens (tertiary/aromatic N) is 4. The molecular weight excluding hydrogens is 502 g/mol. The largest absolute Gasteiger partial charge is 0.543 e. The predicted molar refractivity (Wildman–Crippen MR) is 130 cm³/mol. The Morgan fingerprint density at radius 2 is 2.16 bits per heavy atom. The summed E-state index contributed by atoms with van der Waals surface area (Å²) in [4.78, 5) is 56.1. The van der Waals surface area contributed by atoms with E-state index in [4.69, 9.17) is 10.5 Å². The molecule has 6 atom stereocenters. The van der Waals surface area contributed by atoms with Gasteiger partial charge in [-0.05, 0) is 19.8 Å². The van der Waals surface area contributed by atoms with Crippen LogP contribution in [0.15, 0.2) is 35.8 Å².